The van der Waals surface area contributed by atoms with Crippen LogP contribution in [0.2, 0.25) is 0 Å². The molecule has 0 bridgehead atoms. The molecule has 0 aliphatic heterocycles. The van der Waals surface area contributed by atoms with Crippen LogP contribution in [0.25, 0.3) is 0 Å². The summed E-state index contributed by atoms with van der Waals surface area (Å²) in [7, 11) is 0. The average molecular weight is 253 g/mol. The lowest BCUT2D eigenvalue weighted by atomic mass is 10.0. The van der Waals surface area contributed by atoms with Crippen molar-refractivity contribution in [3.8, 4) is 0 Å². The zero-order valence-corrected chi connectivity index (χ0v) is 9.80. The van der Waals surface area contributed by atoms with E-state index in [-0.39, 0.29) is 0 Å². The minimum Gasteiger partial charge on any atom is -0.294 e. The number of Topliss-reactive ketones (excluding diaryl/α,β-unsaturated/α-hetero) is 1. The summed E-state index contributed by atoms with van der Waals surface area (Å²) < 4.78 is 0.999. The topological polar surface area (TPSA) is 17.1 Å². The summed E-state index contributed by atoms with van der Waals surface area (Å²) in [6, 6.07) is 6.03. The molecule has 0 unspecified atom stereocenters. The van der Waals surface area contributed by atoms with E-state index < -0.39 is 0 Å². The summed E-state index contributed by atoms with van der Waals surface area (Å²) >= 11 is 3.41. The molecule has 0 heterocycles. The molecule has 74 valence electrons. The van der Waals surface area contributed by atoms with Crippen LogP contribution < -0.4 is 0 Å². The maximum atomic E-state index is 11.8. The first-order valence-corrected chi connectivity index (χ1v) is 5.78. The Morgan fingerprint density at radius 1 is 1.43 bits per heavy atom. The molecule has 1 aliphatic rings. The predicted molar refractivity (Wildman–Crippen MR) is 60.6 cm³/mol. The van der Waals surface area contributed by atoms with E-state index in [1.165, 1.54) is 5.56 Å². The zero-order valence-electron chi connectivity index (χ0n) is 8.22. The van der Waals surface area contributed by atoms with Gasteiger partial charge in [0, 0.05) is 16.5 Å². The van der Waals surface area contributed by atoms with Gasteiger partial charge in [-0.05, 0) is 36.5 Å². The third kappa shape index (κ3) is 1.90. The third-order valence-electron chi connectivity index (χ3n) is 2.81. The standard InChI is InChI=1S/C12H13BrO/c1-8-2-3-9-4-5-10(13)7-11(9)12(14)6-8/h4-5,7-8H,2-3,6H2,1H3/t8-/m0/s1. The van der Waals surface area contributed by atoms with E-state index in [0.717, 1.165) is 22.9 Å². The summed E-state index contributed by atoms with van der Waals surface area (Å²) in [5.74, 6) is 0.819. The molecular weight excluding hydrogens is 240 g/mol. The van der Waals surface area contributed by atoms with Crippen molar-refractivity contribution in [1.29, 1.82) is 0 Å². The van der Waals surface area contributed by atoms with Crippen LogP contribution in [-0.4, -0.2) is 5.78 Å². The van der Waals surface area contributed by atoms with E-state index in [2.05, 4.69) is 28.9 Å². The normalized spacial score (nSPS) is 21.6. The maximum absolute atomic E-state index is 11.8. The van der Waals surface area contributed by atoms with Gasteiger partial charge >= 0.3 is 0 Å². The van der Waals surface area contributed by atoms with Crippen LogP contribution >= 0.6 is 15.9 Å². The van der Waals surface area contributed by atoms with Crippen molar-refractivity contribution in [3.63, 3.8) is 0 Å². The number of halogens is 1. The van der Waals surface area contributed by atoms with E-state index in [4.69, 9.17) is 0 Å². The maximum Gasteiger partial charge on any atom is 0.163 e. The van der Waals surface area contributed by atoms with Crippen LogP contribution in [-0.2, 0) is 6.42 Å². The van der Waals surface area contributed by atoms with Crippen LogP contribution in [0.15, 0.2) is 22.7 Å². The van der Waals surface area contributed by atoms with Crippen molar-refractivity contribution in [2.24, 2.45) is 5.92 Å². The van der Waals surface area contributed by atoms with Crippen LogP contribution in [0.5, 0.6) is 0 Å². The molecule has 0 saturated heterocycles. The molecule has 1 aromatic rings. The molecule has 1 aliphatic carbocycles. The Morgan fingerprint density at radius 2 is 2.21 bits per heavy atom. The van der Waals surface area contributed by atoms with Crippen LogP contribution in [0.1, 0.15) is 35.7 Å². The highest BCUT2D eigenvalue weighted by Crippen LogP contribution is 2.26. The van der Waals surface area contributed by atoms with Crippen LogP contribution in [0.4, 0.5) is 0 Å². The number of hydrogen-bond acceptors (Lipinski definition) is 1. The number of benzene rings is 1. The second kappa shape index (κ2) is 3.85. The van der Waals surface area contributed by atoms with Gasteiger partial charge in [-0.3, -0.25) is 4.79 Å². The quantitative estimate of drug-likeness (QED) is 0.645. The Balaban J connectivity index is 2.44. The van der Waals surface area contributed by atoms with Crippen molar-refractivity contribution in [2.45, 2.75) is 26.2 Å². The molecule has 0 saturated carbocycles. The lowest BCUT2D eigenvalue weighted by Gasteiger charge is -2.03. The molecule has 0 fully saturated rings. The molecule has 0 radical (unpaired) electrons. The molecule has 1 nitrogen and oxygen atoms in total. The summed E-state index contributed by atoms with van der Waals surface area (Å²) in [5, 5.41) is 0. The van der Waals surface area contributed by atoms with E-state index >= 15 is 0 Å². The van der Waals surface area contributed by atoms with E-state index in [1.54, 1.807) is 0 Å². The van der Waals surface area contributed by atoms with Gasteiger partial charge in [0.15, 0.2) is 5.78 Å². The number of fused-ring (bicyclic) bond motifs is 1. The highest BCUT2D eigenvalue weighted by atomic mass is 79.9. The third-order valence-corrected chi connectivity index (χ3v) is 3.31. The first-order chi connectivity index (χ1) is 6.66. The Bertz CT molecular complexity index is 371. The highest BCUT2D eigenvalue weighted by Gasteiger charge is 2.19. The molecule has 1 aromatic carbocycles. The number of ketones is 1. The SMILES string of the molecule is C[C@H]1CCc2ccc(Br)cc2C(=O)C1. The van der Waals surface area contributed by atoms with Crippen LogP contribution in [0.3, 0.4) is 0 Å². The first kappa shape index (κ1) is 9.91. The molecule has 0 spiro atoms. The summed E-state index contributed by atoms with van der Waals surface area (Å²) in [6.45, 7) is 2.15. The van der Waals surface area contributed by atoms with Crippen molar-refractivity contribution in [1.82, 2.24) is 0 Å². The van der Waals surface area contributed by atoms with Gasteiger partial charge in [-0.1, -0.05) is 28.9 Å². The van der Waals surface area contributed by atoms with E-state index in [0.29, 0.717) is 18.1 Å². The fourth-order valence-corrected chi connectivity index (χ4v) is 2.32. The zero-order chi connectivity index (χ0) is 10.1. The van der Waals surface area contributed by atoms with Gasteiger partial charge in [-0.15, -0.1) is 0 Å². The Kier molecular flexibility index (Phi) is 2.73. The molecule has 0 aromatic heterocycles. The lowest BCUT2D eigenvalue weighted by Crippen LogP contribution is -2.03. The minimum absolute atomic E-state index is 0.298. The predicted octanol–water partition coefficient (Wildman–Crippen LogP) is 3.60. The summed E-state index contributed by atoms with van der Waals surface area (Å²) in [6.07, 6.45) is 2.86. The summed E-state index contributed by atoms with van der Waals surface area (Å²) in [4.78, 5) is 11.8. The Morgan fingerprint density at radius 3 is 3.00 bits per heavy atom. The molecule has 14 heavy (non-hydrogen) atoms. The number of hydrogen-bond donors (Lipinski definition) is 0. The fourth-order valence-electron chi connectivity index (χ4n) is 1.96. The van der Waals surface area contributed by atoms with Gasteiger partial charge in [-0.25, -0.2) is 0 Å². The van der Waals surface area contributed by atoms with Crippen molar-refractivity contribution >= 4 is 21.7 Å². The largest absolute Gasteiger partial charge is 0.294 e. The van der Waals surface area contributed by atoms with Gasteiger partial charge in [0.25, 0.3) is 0 Å². The van der Waals surface area contributed by atoms with Crippen molar-refractivity contribution in [2.75, 3.05) is 0 Å². The number of carbonyl (C=O) groups is 1. The number of carbonyl (C=O) groups excluding carboxylic acids is 1. The molecule has 0 amide bonds. The summed E-state index contributed by atoms with van der Waals surface area (Å²) in [5.41, 5.74) is 2.13. The number of rotatable bonds is 0. The lowest BCUT2D eigenvalue weighted by molar-refractivity contribution is 0.0967. The Hall–Kier alpha value is -0.630. The first-order valence-electron chi connectivity index (χ1n) is 4.98. The van der Waals surface area contributed by atoms with E-state index in [1.807, 2.05) is 12.1 Å². The molecule has 2 rings (SSSR count). The second-order valence-corrected chi connectivity index (χ2v) is 4.99. The van der Waals surface area contributed by atoms with Crippen LogP contribution in [0, 0.1) is 5.92 Å². The van der Waals surface area contributed by atoms with Gasteiger partial charge in [0.1, 0.15) is 0 Å². The fraction of sp³-hybridized carbons (Fsp3) is 0.417. The molecule has 1 atom stereocenters. The monoisotopic (exact) mass is 252 g/mol. The van der Waals surface area contributed by atoms with Crippen molar-refractivity contribution in [3.05, 3.63) is 33.8 Å². The smallest absolute Gasteiger partial charge is 0.163 e. The molecular formula is C12H13BrO. The Labute approximate surface area is 92.6 Å². The van der Waals surface area contributed by atoms with Crippen molar-refractivity contribution < 1.29 is 4.79 Å². The van der Waals surface area contributed by atoms with Gasteiger partial charge < -0.3 is 0 Å². The van der Waals surface area contributed by atoms with Gasteiger partial charge in [0.2, 0.25) is 0 Å². The molecule has 0 N–H and O–H groups in total. The average Bonchev–Trinajstić information content (AvgIpc) is 2.27. The highest BCUT2D eigenvalue weighted by molar-refractivity contribution is 9.10. The minimum atomic E-state index is 0.298. The van der Waals surface area contributed by atoms with E-state index in [9.17, 15) is 4.79 Å². The van der Waals surface area contributed by atoms with Gasteiger partial charge in [0.05, 0.1) is 0 Å². The second-order valence-electron chi connectivity index (χ2n) is 4.07. The van der Waals surface area contributed by atoms with Gasteiger partial charge in [-0.2, -0.15) is 0 Å². The number of aryl methyl sites for hydroxylation is 1. The molecule has 2 heteroatoms.